The number of hydrogen-bond donors (Lipinski definition) is 2. The molecule has 1 unspecified atom stereocenters. The summed E-state index contributed by atoms with van der Waals surface area (Å²) in [6, 6.07) is 4.90. The summed E-state index contributed by atoms with van der Waals surface area (Å²) in [5.41, 5.74) is 0.492. The Kier molecular flexibility index (Phi) is 3.12. The summed E-state index contributed by atoms with van der Waals surface area (Å²) in [5.74, 6) is -0.137. The van der Waals surface area contributed by atoms with Gasteiger partial charge in [0.1, 0.15) is 0 Å². The molecular formula is C12H16FNO2. The van der Waals surface area contributed by atoms with E-state index < -0.39 is 0 Å². The predicted molar refractivity (Wildman–Crippen MR) is 59.2 cm³/mol. The Morgan fingerprint density at radius 3 is 2.88 bits per heavy atom. The fourth-order valence-electron chi connectivity index (χ4n) is 2.21. The van der Waals surface area contributed by atoms with Gasteiger partial charge in [0.15, 0.2) is 11.6 Å². The van der Waals surface area contributed by atoms with Gasteiger partial charge in [-0.25, -0.2) is 4.39 Å². The number of halogens is 1. The Bertz CT molecular complexity index is 375. The molecule has 0 aromatic heterocycles. The average molecular weight is 225 g/mol. The van der Waals surface area contributed by atoms with Gasteiger partial charge in [0.25, 0.3) is 0 Å². The highest BCUT2D eigenvalue weighted by Gasteiger charge is 2.35. The molecule has 1 aliphatic rings. The van der Waals surface area contributed by atoms with Crippen molar-refractivity contribution in [2.24, 2.45) is 0 Å². The van der Waals surface area contributed by atoms with Gasteiger partial charge in [-0.3, -0.25) is 0 Å². The second-order valence-corrected chi connectivity index (χ2v) is 4.21. The Morgan fingerprint density at radius 1 is 1.56 bits per heavy atom. The van der Waals surface area contributed by atoms with E-state index in [2.05, 4.69) is 5.32 Å². The molecule has 1 atom stereocenters. The van der Waals surface area contributed by atoms with Crippen LogP contribution >= 0.6 is 0 Å². The third-order valence-corrected chi connectivity index (χ3v) is 3.31. The maximum absolute atomic E-state index is 13.6. The molecule has 1 aliphatic heterocycles. The van der Waals surface area contributed by atoms with Gasteiger partial charge in [-0.1, -0.05) is 6.07 Å². The molecule has 0 saturated carbocycles. The molecule has 0 radical (unpaired) electrons. The van der Waals surface area contributed by atoms with Gasteiger partial charge < -0.3 is 15.2 Å². The number of ether oxygens (including phenoxy) is 1. The van der Waals surface area contributed by atoms with Crippen molar-refractivity contribution in [3.8, 4) is 5.75 Å². The van der Waals surface area contributed by atoms with Crippen molar-refractivity contribution < 1.29 is 14.2 Å². The highest BCUT2D eigenvalue weighted by Crippen LogP contribution is 2.32. The van der Waals surface area contributed by atoms with Crippen molar-refractivity contribution in [3.05, 3.63) is 29.6 Å². The van der Waals surface area contributed by atoms with Crippen LogP contribution < -0.4 is 10.1 Å². The topological polar surface area (TPSA) is 41.5 Å². The van der Waals surface area contributed by atoms with Crippen molar-refractivity contribution in [1.82, 2.24) is 5.32 Å². The maximum atomic E-state index is 13.6. The molecule has 2 rings (SSSR count). The summed E-state index contributed by atoms with van der Waals surface area (Å²) in [5, 5.41) is 12.7. The van der Waals surface area contributed by atoms with E-state index in [1.807, 2.05) is 6.07 Å². The number of aliphatic hydroxyl groups is 1. The minimum absolute atomic E-state index is 0.0335. The molecule has 1 fully saturated rings. The van der Waals surface area contributed by atoms with Crippen LogP contribution in [0.4, 0.5) is 4.39 Å². The Morgan fingerprint density at radius 2 is 2.38 bits per heavy atom. The van der Waals surface area contributed by atoms with Crippen LogP contribution in [-0.2, 0) is 5.41 Å². The van der Waals surface area contributed by atoms with E-state index in [-0.39, 0.29) is 23.6 Å². The molecule has 0 amide bonds. The lowest BCUT2D eigenvalue weighted by Gasteiger charge is -2.26. The van der Waals surface area contributed by atoms with Crippen LogP contribution in [0.15, 0.2) is 18.2 Å². The lowest BCUT2D eigenvalue weighted by atomic mass is 9.80. The molecule has 1 aromatic carbocycles. The monoisotopic (exact) mass is 225 g/mol. The van der Waals surface area contributed by atoms with Crippen molar-refractivity contribution in [2.45, 2.75) is 11.8 Å². The van der Waals surface area contributed by atoms with Crippen LogP contribution in [0.3, 0.4) is 0 Å². The van der Waals surface area contributed by atoms with E-state index in [0.717, 1.165) is 18.5 Å². The number of benzene rings is 1. The summed E-state index contributed by atoms with van der Waals surface area (Å²) in [7, 11) is 1.44. The molecule has 4 heteroatoms. The fraction of sp³-hybridized carbons (Fsp3) is 0.500. The van der Waals surface area contributed by atoms with Crippen LogP contribution in [0, 0.1) is 5.82 Å². The van der Waals surface area contributed by atoms with Gasteiger partial charge in [0.2, 0.25) is 0 Å². The molecule has 2 N–H and O–H groups in total. The first-order valence-corrected chi connectivity index (χ1v) is 5.37. The average Bonchev–Trinajstić information content (AvgIpc) is 2.78. The molecule has 0 bridgehead atoms. The van der Waals surface area contributed by atoms with E-state index in [1.165, 1.54) is 13.2 Å². The van der Waals surface area contributed by atoms with Crippen LogP contribution in [0.2, 0.25) is 0 Å². The van der Waals surface area contributed by atoms with Crippen LogP contribution in [-0.4, -0.2) is 31.9 Å². The first-order chi connectivity index (χ1) is 7.72. The number of nitrogens with one attached hydrogen (secondary N) is 1. The van der Waals surface area contributed by atoms with E-state index >= 15 is 0 Å². The smallest absolute Gasteiger partial charge is 0.165 e. The minimum atomic E-state index is -0.375. The molecule has 3 nitrogen and oxygen atoms in total. The van der Waals surface area contributed by atoms with Crippen LogP contribution in [0.25, 0.3) is 0 Å². The van der Waals surface area contributed by atoms with Gasteiger partial charge in [-0.2, -0.15) is 0 Å². The predicted octanol–water partition coefficient (Wildman–Crippen LogP) is 1.06. The van der Waals surface area contributed by atoms with E-state index in [9.17, 15) is 9.50 Å². The third-order valence-electron chi connectivity index (χ3n) is 3.31. The maximum Gasteiger partial charge on any atom is 0.165 e. The standard InChI is InChI=1S/C12H16FNO2/c1-16-11-3-2-9(6-10(11)13)12(8-15)4-5-14-7-12/h2-3,6,14-15H,4-5,7-8H2,1H3. The summed E-state index contributed by atoms with van der Waals surface area (Å²) in [6.45, 7) is 1.58. The SMILES string of the molecule is COc1ccc(C2(CO)CCNC2)cc1F. The third kappa shape index (κ3) is 1.79. The number of hydrogen-bond acceptors (Lipinski definition) is 3. The van der Waals surface area contributed by atoms with Crippen molar-refractivity contribution in [3.63, 3.8) is 0 Å². The highest BCUT2D eigenvalue weighted by molar-refractivity contribution is 5.35. The Labute approximate surface area is 94.2 Å². The fourth-order valence-corrected chi connectivity index (χ4v) is 2.21. The van der Waals surface area contributed by atoms with Crippen LogP contribution in [0.1, 0.15) is 12.0 Å². The highest BCUT2D eigenvalue weighted by atomic mass is 19.1. The molecular weight excluding hydrogens is 209 g/mol. The van der Waals surface area contributed by atoms with Gasteiger partial charge in [-0.05, 0) is 30.7 Å². The zero-order chi connectivity index (χ0) is 11.6. The molecule has 1 heterocycles. The molecule has 0 aliphatic carbocycles. The Hall–Kier alpha value is -1.13. The molecule has 1 aromatic rings. The molecule has 88 valence electrons. The Balaban J connectivity index is 2.36. The van der Waals surface area contributed by atoms with Gasteiger partial charge in [-0.15, -0.1) is 0 Å². The van der Waals surface area contributed by atoms with Gasteiger partial charge in [0, 0.05) is 12.0 Å². The zero-order valence-corrected chi connectivity index (χ0v) is 9.29. The number of methoxy groups -OCH3 is 1. The van der Waals surface area contributed by atoms with Crippen molar-refractivity contribution in [2.75, 3.05) is 26.8 Å². The molecule has 0 spiro atoms. The van der Waals surface area contributed by atoms with E-state index in [0.29, 0.717) is 6.54 Å². The zero-order valence-electron chi connectivity index (χ0n) is 9.29. The minimum Gasteiger partial charge on any atom is -0.494 e. The lowest BCUT2D eigenvalue weighted by Crippen LogP contribution is -2.33. The van der Waals surface area contributed by atoms with Crippen molar-refractivity contribution in [1.29, 1.82) is 0 Å². The van der Waals surface area contributed by atoms with Gasteiger partial charge >= 0.3 is 0 Å². The second-order valence-electron chi connectivity index (χ2n) is 4.21. The van der Waals surface area contributed by atoms with Gasteiger partial charge in [0.05, 0.1) is 13.7 Å². The van der Waals surface area contributed by atoms with Crippen LogP contribution in [0.5, 0.6) is 5.75 Å². The molecule has 1 saturated heterocycles. The quantitative estimate of drug-likeness (QED) is 0.808. The van der Waals surface area contributed by atoms with E-state index in [1.54, 1.807) is 6.07 Å². The lowest BCUT2D eigenvalue weighted by molar-refractivity contribution is 0.205. The van der Waals surface area contributed by atoms with Crippen molar-refractivity contribution >= 4 is 0 Å². The second kappa shape index (κ2) is 4.39. The number of rotatable bonds is 3. The summed E-state index contributed by atoms with van der Waals surface area (Å²) in [6.07, 6.45) is 0.829. The number of aliphatic hydroxyl groups excluding tert-OH is 1. The summed E-state index contributed by atoms with van der Waals surface area (Å²) < 4.78 is 18.5. The summed E-state index contributed by atoms with van der Waals surface area (Å²) in [4.78, 5) is 0. The summed E-state index contributed by atoms with van der Waals surface area (Å²) >= 11 is 0. The molecule has 16 heavy (non-hydrogen) atoms. The normalized spacial score (nSPS) is 24.7. The first kappa shape index (κ1) is 11.4. The first-order valence-electron chi connectivity index (χ1n) is 5.37. The largest absolute Gasteiger partial charge is 0.494 e. The van der Waals surface area contributed by atoms with E-state index in [4.69, 9.17) is 4.74 Å².